The second-order valence-corrected chi connectivity index (χ2v) is 10.7. The van der Waals surface area contributed by atoms with Crippen molar-refractivity contribution in [3.63, 3.8) is 0 Å². The predicted octanol–water partition coefficient (Wildman–Crippen LogP) is 2.59. The summed E-state index contributed by atoms with van der Waals surface area (Å²) >= 11 is 0. The summed E-state index contributed by atoms with van der Waals surface area (Å²) in [5.74, 6) is 4.57. The first-order chi connectivity index (χ1) is 8.64. The van der Waals surface area contributed by atoms with Crippen molar-refractivity contribution in [1.82, 2.24) is 0 Å². The van der Waals surface area contributed by atoms with Crippen molar-refractivity contribution in [3.05, 3.63) is 0 Å². The van der Waals surface area contributed by atoms with E-state index in [1.54, 1.807) is 7.11 Å². The quantitative estimate of drug-likeness (QED) is 0.337. The van der Waals surface area contributed by atoms with Gasteiger partial charge in [0.1, 0.15) is 6.10 Å². The Kier molecular flexibility index (Phi) is 7.35. The van der Waals surface area contributed by atoms with E-state index in [1.807, 2.05) is 0 Å². The molecule has 19 heavy (non-hydrogen) atoms. The Balaban J connectivity index is 4.30. The van der Waals surface area contributed by atoms with Gasteiger partial charge in [0, 0.05) is 26.1 Å². The van der Waals surface area contributed by atoms with Crippen LogP contribution in [0.5, 0.6) is 0 Å². The molecule has 1 atom stereocenters. The van der Waals surface area contributed by atoms with Gasteiger partial charge >= 0.3 is 5.97 Å². The molecule has 0 aliphatic rings. The zero-order chi connectivity index (χ0) is 15.1. The zero-order valence-electron chi connectivity index (χ0n) is 13.1. The lowest BCUT2D eigenvalue weighted by molar-refractivity contribution is -0.133. The van der Waals surface area contributed by atoms with Crippen LogP contribution in [-0.4, -0.2) is 41.2 Å². The molecule has 0 unspecified atom stereocenters. The van der Waals surface area contributed by atoms with Gasteiger partial charge in [-0.2, -0.15) is 0 Å². The predicted molar refractivity (Wildman–Crippen MR) is 78.4 cm³/mol. The van der Waals surface area contributed by atoms with E-state index in [0.717, 1.165) is 0 Å². The monoisotopic (exact) mass is 286 g/mol. The van der Waals surface area contributed by atoms with Gasteiger partial charge in [0.25, 0.3) is 0 Å². The maximum Gasteiger partial charge on any atom is 0.384 e. The van der Waals surface area contributed by atoms with Gasteiger partial charge in [0.05, 0.1) is 7.11 Å². The van der Waals surface area contributed by atoms with E-state index in [0.29, 0.717) is 13.0 Å². The van der Waals surface area contributed by atoms with Gasteiger partial charge in [-0.3, -0.25) is 0 Å². The number of hydrogen-bond donors (Lipinski definition) is 0. The highest BCUT2D eigenvalue weighted by Gasteiger charge is 2.36. The third-order valence-electron chi connectivity index (χ3n) is 3.45. The molecule has 4 nitrogen and oxygen atoms in total. The summed E-state index contributed by atoms with van der Waals surface area (Å²) in [7, 11) is 1.15. The van der Waals surface area contributed by atoms with Crippen LogP contribution in [0, 0.1) is 11.8 Å². The Bertz CT molecular complexity index is 347. The van der Waals surface area contributed by atoms with Crippen LogP contribution in [-0.2, 0) is 18.7 Å². The van der Waals surface area contributed by atoms with E-state index in [-0.39, 0.29) is 11.1 Å². The molecule has 0 amide bonds. The zero-order valence-corrected chi connectivity index (χ0v) is 14.1. The lowest BCUT2D eigenvalue weighted by Gasteiger charge is -2.36. The van der Waals surface area contributed by atoms with Gasteiger partial charge in [0.2, 0.25) is 0 Å². The Morgan fingerprint density at radius 2 is 1.84 bits per heavy atom. The molecule has 0 aromatic heterocycles. The van der Waals surface area contributed by atoms with E-state index in [2.05, 4.69) is 50.4 Å². The Morgan fingerprint density at radius 1 is 1.26 bits per heavy atom. The Morgan fingerprint density at radius 3 is 2.26 bits per heavy atom. The van der Waals surface area contributed by atoms with Crippen molar-refractivity contribution in [2.45, 2.75) is 51.4 Å². The number of methoxy groups -OCH3 is 2. The third kappa shape index (κ3) is 6.76. The van der Waals surface area contributed by atoms with Crippen molar-refractivity contribution in [3.8, 4) is 11.8 Å². The molecule has 0 aliphatic heterocycles. The number of carbonyl (C=O) groups excluding carboxylic acids is 1. The molecule has 0 saturated carbocycles. The molecular formula is C14H26O4Si. The number of hydrogen-bond acceptors (Lipinski definition) is 4. The van der Waals surface area contributed by atoms with Crippen LogP contribution >= 0.6 is 0 Å². The van der Waals surface area contributed by atoms with Gasteiger partial charge in [-0.05, 0) is 18.1 Å². The normalized spacial score (nSPS) is 13.4. The Labute approximate surface area is 117 Å². The molecule has 0 fully saturated rings. The van der Waals surface area contributed by atoms with Crippen LogP contribution < -0.4 is 0 Å². The highest BCUT2D eigenvalue weighted by atomic mass is 28.4. The molecule has 0 radical (unpaired) electrons. The third-order valence-corrected chi connectivity index (χ3v) is 7.99. The highest BCUT2D eigenvalue weighted by molar-refractivity contribution is 6.74. The molecule has 0 saturated heterocycles. The van der Waals surface area contributed by atoms with Gasteiger partial charge < -0.3 is 13.9 Å². The van der Waals surface area contributed by atoms with Crippen molar-refractivity contribution in [2.75, 3.05) is 20.8 Å². The van der Waals surface area contributed by atoms with Crippen molar-refractivity contribution in [1.29, 1.82) is 0 Å². The van der Waals surface area contributed by atoms with Crippen LogP contribution in [0.3, 0.4) is 0 Å². The molecular weight excluding hydrogens is 260 g/mol. The van der Waals surface area contributed by atoms with Crippen LogP contribution in [0.2, 0.25) is 18.1 Å². The van der Waals surface area contributed by atoms with E-state index in [9.17, 15) is 4.79 Å². The minimum absolute atomic E-state index is 0.188. The lowest BCUT2D eigenvalue weighted by Crippen LogP contribution is -2.41. The summed E-state index contributed by atoms with van der Waals surface area (Å²) in [5, 5.41) is 0.188. The molecule has 0 aliphatic carbocycles. The lowest BCUT2D eigenvalue weighted by atomic mass is 10.2. The molecule has 110 valence electrons. The first-order valence-corrected chi connectivity index (χ1v) is 9.31. The van der Waals surface area contributed by atoms with Crippen molar-refractivity contribution in [2.24, 2.45) is 0 Å². The van der Waals surface area contributed by atoms with E-state index in [4.69, 9.17) is 9.16 Å². The average Bonchev–Trinajstić information content (AvgIpc) is 2.31. The first-order valence-electron chi connectivity index (χ1n) is 6.40. The topological polar surface area (TPSA) is 44.8 Å². The van der Waals surface area contributed by atoms with E-state index in [1.165, 1.54) is 7.11 Å². The number of ether oxygens (including phenoxy) is 2. The molecule has 0 heterocycles. The standard InChI is InChI=1S/C14H26O4Si/c1-14(2,3)19(6,7)18-11-10-12(16-4)8-9-13(15)17-5/h12H,10-11H2,1-7H3/t12-/m0/s1. The first kappa shape index (κ1) is 18.2. The molecule has 0 N–H and O–H groups in total. The van der Waals surface area contributed by atoms with Gasteiger partial charge in [0.15, 0.2) is 8.32 Å². The van der Waals surface area contributed by atoms with Crippen molar-refractivity contribution < 1.29 is 18.7 Å². The van der Waals surface area contributed by atoms with E-state index >= 15 is 0 Å². The molecule has 5 heteroatoms. The largest absolute Gasteiger partial charge is 0.459 e. The van der Waals surface area contributed by atoms with Crippen LogP contribution in [0.15, 0.2) is 0 Å². The minimum atomic E-state index is -1.73. The molecule has 0 rings (SSSR count). The summed E-state index contributed by atoms with van der Waals surface area (Å²) in [4.78, 5) is 10.9. The number of carbonyl (C=O) groups is 1. The fourth-order valence-electron chi connectivity index (χ4n) is 1.08. The van der Waals surface area contributed by atoms with Gasteiger partial charge in [-0.15, -0.1) is 0 Å². The average molecular weight is 286 g/mol. The summed E-state index contributed by atoms with van der Waals surface area (Å²) in [6.07, 6.45) is 0.344. The van der Waals surface area contributed by atoms with Crippen LogP contribution in [0.4, 0.5) is 0 Å². The number of rotatable bonds is 5. The molecule has 0 aromatic carbocycles. The highest BCUT2D eigenvalue weighted by Crippen LogP contribution is 2.36. The van der Waals surface area contributed by atoms with Crippen LogP contribution in [0.1, 0.15) is 27.2 Å². The Hall–Kier alpha value is -0.833. The summed E-state index contributed by atoms with van der Waals surface area (Å²) in [5.41, 5.74) is 0. The molecule has 0 spiro atoms. The summed E-state index contributed by atoms with van der Waals surface area (Å²) in [6.45, 7) is 11.6. The maximum atomic E-state index is 10.9. The molecule has 0 bridgehead atoms. The van der Waals surface area contributed by atoms with E-state index < -0.39 is 14.3 Å². The minimum Gasteiger partial charge on any atom is -0.459 e. The summed E-state index contributed by atoms with van der Waals surface area (Å²) < 4.78 is 15.7. The SMILES string of the molecule is COC(=O)C#C[C@@H](CCO[Si](C)(C)C(C)(C)C)OC. The van der Waals surface area contributed by atoms with Crippen LogP contribution in [0.25, 0.3) is 0 Å². The smallest absolute Gasteiger partial charge is 0.384 e. The fraction of sp³-hybridized carbons (Fsp3) is 0.786. The van der Waals surface area contributed by atoms with Gasteiger partial charge in [-0.1, -0.05) is 26.7 Å². The van der Waals surface area contributed by atoms with Gasteiger partial charge in [-0.25, -0.2) is 4.79 Å². The summed E-state index contributed by atoms with van der Waals surface area (Å²) in [6, 6.07) is 0. The molecule has 0 aromatic rings. The fourth-order valence-corrected chi connectivity index (χ4v) is 2.14. The van der Waals surface area contributed by atoms with Crippen molar-refractivity contribution >= 4 is 14.3 Å². The second kappa shape index (κ2) is 7.68. The number of esters is 1. The maximum absolute atomic E-state index is 10.9. The second-order valence-electron chi connectivity index (χ2n) is 5.88.